The van der Waals surface area contributed by atoms with Gasteiger partial charge in [-0.3, -0.25) is 0 Å². The summed E-state index contributed by atoms with van der Waals surface area (Å²) in [5, 5.41) is 0. The Morgan fingerprint density at radius 1 is 1.12 bits per heavy atom. The summed E-state index contributed by atoms with van der Waals surface area (Å²) >= 11 is 4.25. The molecule has 0 amide bonds. The summed E-state index contributed by atoms with van der Waals surface area (Å²) in [7, 11) is 0. The summed E-state index contributed by atoms with van der Waals surface area (Å²) < 4.78 is 2.47. The van der Waals surface area contributed by atoms with Crippen LogP contribution < -0.4 is 0 Å². The summed E-state index contributed by atoms with van der Waals surface area (Å²) in [5.74, 6) is 2.26. The van der Waals surface area contributed by atoms with E-state index in [1.807, 2.05) is 0 Å². The zero-order valence-corrected chi connectivity index (χ0v) is 11.8. The minimum absolute atomic E-state index is 1.03. The van der Waals surface area contributed by atoms with E-state index in [2.05, 4.69) is 24.1 Å². The van der Waals surface area contributed by atoms with E-state index in [1.165, 1.54) is 75.1 Å². The van der Waals surface area contributed by atoms with Crippen molar-refractivity contribution >= 4 is 12.6 Å². The quantitative estimate of drug-likeness (QED) is 0.605. The van der Waals surface area contributed by atoms with Gasteiger partial charge in [0.2, 0.25) is 0 Å². The molecular weight excluding hydrogens is 228 g/mol. The number of hydrogen-bond acceptors (Lipinski definition) is 2. The van der Waals surface area contributed by atoms with Gasteiger partial charge in [-0.1, -0.05) is 12.8 Å². The molecule has 1 aromatic heterocycles. The summed E-state index contributed by atoms with van der Waals surface area (Å²) in [6.07, 6.45) is 10.3. The van der Waals surface area contributed by atoms with Crippen molar-refractivity contribution in [3.8, 4) is 0 Å². The van der Waals surface area contributed by atoms with Crippen LogP contribution in [-0.4, -0.2) is 15.3 Å². The molecule has 0 aliphatic heterocycles. The standard InChI is InChI=1S/C14H24N2S/c1-12-15-13-8-4-5-9-14(13)16(12)10-6-2-3-7-11-17/h17H,2-11H2,1H3. The van der Waals surface area contributed by atoms with Crippen LogP contribution in [0.2, 0.25) is 0 Å². The molecule has 1 aromatic rings. The molecule has 0 unspecified atom stereocenters. The lowest BCUT2D eigenvalue weighted by atomic mass is 10.0. The Balaban J connectivity index is 1.89. The van der Waals surface area contributed by atoms with Gasteiger partial charge in [0.05, 0.1) is 5.69 Å². The third-order valence-corrected chi connectivity index (χ3v) is 4.03. The molecule has 1 aliphatic carbocycles. The number of hydrogen-bond donors (Lipinski definition) is 1. The zero-order valence-electron chi connectivity index (χ0n) is 10.9. The van der Waals surface area contributed by atoms with Crippen LogP contribution in [0, 0.1) is 6.92 Å². The SMILES string of the molecule is Cc1nc2c(n1CCCCCCS)CCCC2. The Morgan fingerprint density at radius 2 is 1.88 bits per heavy atom. The maximum absolute atomic E-state index is 4.72. The highest BCUT2D eigenvalue weighted by atomic mass is 32.1. The zero-order chi connectivity index (χ0) is 12.1. The summed E-state index contributed by atoms with van der Waals surface area (Å²) in [4.78, 5) is 4.72. The van der Waals surface area contributed by atoms with Gasteiger partial charge in [0.15, 0.2) is 0 Å². The summed E-state index contributed by atoms with van der Waals surface area (Å²) in [6.45, 7) is 3.33. The highest BCUT2D eigenvalue weighted by Gasteiger charge is 2.17. The van der Waals surface area contributed by atoms with Gasteiger partial charge in [0, 0.05) is 12.2 Å². The number of aromatic nitrogens is 2. The molecule has 0 radical (unpaired) electrons. The fraction of sp³-hybridized carbons (Fsp3) is 0.786. The first kappa shape index (κ1) is 13.0. The Kier molecular flexibility index (Phi) is 4.96. The fourth-order valence-corrected chi connectivity index (χ4v) is 2.99. The molecule has 2 nitrogen and oxygen atoms in total. The van der Waals surface area contributed by atoms with Gasteiger partial charge < -0.3 is 4.57 Å². The molecule has 0 bridgehead atoms. The highest BCUT2D eigenvalue weighted by Crippen LogP contribution is 2.22. The second-order valence-corrected chi connectivity index (χ2v) is 5.50. The van der Waals surface area contributed by atoms with Gasteiger partial charge in [-0.2, -0.15) is 12.6 Å². The molecule has 2 rings (SSSR count). The molecule has 1 aliphatic rings. The van der Waals surface area contributed by atoms with Gasteiger partial charge in [0.25, 0.3) is 0 Å². The second-order valence-electron chi connectivity index (χ2n) is 5.05. The lowest BCUT2D eigenvalue weighted by molar-refractivity contribution is 0.544. The van der Waals surface area contributed by atoms with E-state index in [1.54, 1.807) is 0 Å². The van der Waals surface area contributed by atoms with Crippen molar-refractivity contribution in [2.75, 3.05) is 5.75 Å². The lowest BCUT2D eigenvalue weighted by Gasteiger charge is -2.14. The summed E-state index contributed by atoms with van der Waals surface area (Å²) in [5.41, 5.74) is 2.91. The average molecular weight is 252 g/mol. The molecule has 3 heteroatoms. The molecule has 1 heterocycles. The van der Waals surface area contributed by atoms with Gasteiger partial charge in [0.1, 0.15) is 5.82 Å². The van der Waals surface area contributed by atoms with E-state index in [-0.39, 0.29) is 0 Å². The van der Waals surface area contributed by atoms with E-state index in [0.717, 1.165) is 5.75 Å². The van der Waals surface area contributed by atoms with E-state index in [4.69, 9.17) is 4.98 Å². The van der Waals surface area contributed by atoms with E-state index in [0.29, 0.717) is 0 Å². The topological polar surface area (TPSA) is 17.8 Å². The molecular formula is C14H24N2S. The Morgan fingerprint density at radius 3 is 2.71 bits per heavy atom. The number of unbranched alkanes of at least 4 members (excludes halogenated alkanes) is 3. The van der Waals surface area contributed by atoms with E-state index in [9.17, 15) is 0 Å². The molecule has 0 saturated heterocycles. The van der Waals surface area contributed by atoms with Crippen LogP contribution in [0.25, 0.3) is 0 Å². The van der Waals surface area contributed by atoms with E-state index >= 15 is 0 Å². The first-order valence-electron chi connectivity index (χ1n) is 6.98. The average Bonchev–Trinajstić information content (AvgIpc) is 2.65. The minimum atomic E-state index is 1.03. The predicted octanol–water partition coefficient (Wildman–Crippen LogP) is 3.56. The fourth-order valence-electron chi connectivity index (χ4n) is 2.77. The number of thiol groups is 1. The molecule has 0 atom stereocenters. The van der Waals surface area contributed by atoms with Crippen LogP contribution in [0.15, 0.2) is 0 Å². The molecule has 17 heavy (non-hydrogen) atoms. The third-order valence-electron chi connectivity index (χ3n) is 3.71. The van der Waals surface area contributed by atoms with Gasteiger partial charge in [-0.15, -0.1) is 0 Å². The summed E-state index contributed by atoms with van der Waals surface area (Å²) in [6, 6.07) is 0. The third kappa shape index (κ3) is 3.27. The normalized spacial score (nSPS) is 14.9. The van der Waals surface area contributed by atoms with Crippen molar-refractivity contribution in [3.63, 3.8) is 0 Å². The molecule has 0 spiro atoms. The van der Waals surface area contributed by atoms with Crippen LogP contribution >= 0.6 is 12.6 Å². The second kappa shape index (κ2) is 6.48. The number of nitrogens with zero attached hydrogens (tertiary/aromatic N) is 2. The smallest absolute Gasteiger partial charge is 0.106 e. The Hall–Kier alpha value is -0.440. The number of fused-ring (bicyclic) bond motifs is 1. The van der Waals surface area contributed by atoms with Crippen molar-refractivity contribution < 1.29 is 0 Å². The van der Waals surface area contributed by atoms with Gasteiger partial charge >= 0.3 is 0 Å². The number of aryl methyl sites for hydroxylation is 2. The number of rotatable bonds is 6. The van der Waals surface area contributed by atoms with Crippen LogP contribution in [-0.2, 0) is 19.4 Å². The first-order valence-corrected chi connectivity index (χ1v) is 7.62. The van der Waals surface area contributed by atoms with Crippen molar-refractivity contribution in [1.29, 1.82) is 0 Å². The van der Waals surface area contributed by atoms with E-state index < -0.39 is 0 Å². The van der Waals surface area contributed by atoms with Gasteiger partial charge in [-0.25, -0.2) is 4.98 Å². The van der Waals surface area contributed by atoms with Crippen molar-refractivity contribution in [2.45, 2.75) is 64.8 Å². The van der Waals surface area contributed by atoms with Crippen LogP contribution in [0.1, 0.15) is 55.7 Å². The maximum Gasteiger partial charge on any atom is 0.106 e. The largest absolute Gasteiger partial charge is 0.332 e. The van der Waals surface area contributed by atoms with Crippen molar-refractivity contribution in [1.82, 2.24) is 9.55 Å². The van der Waals surface area contributed by atoms with Crippen molar-refractivity contribution in [3.05, 3.63) is 17.2 Å². The first-order chi connectivity index (χ1) is 8.33. The Labute approximate surface area is 110 Å². The predicted molar refractivity (Wildman–Crippen MR) is 75.9 cm³/mol. The van der Waals surface area contributed by atoms with Crippen LogP contribution in [0.4, 0.5) is 0 Å². The molecule has 96 valence electrons. The number of imidazole rings is 1. The van der Waals surface area contributed by atoms with Gasteiger partial charge in [-0.05, 0) is 51.2 Å². The van der Waals surface area contributed by atoms with Crippen molar-refractivity contribution in [2.24, 2.45) is 0 Å². The van der Waals surface area contributed by atoms with Crippen LogP contribution in [0.3, 0.4) is 0 Å². The molecule has 0 N–H and O–H groups in total. The van der Waals surface area contributed by atoms with Crippen LogP contribution in [0.5, 0.6) is 0 Å². The molecule has 0 aromatic carbocycles. The highest BCUT2D eigenvalue weighted by molar-refractivity contribution is 7.80. The lowest BCUT2D eigenvalue weighted by Crippen LogP contribution is -2.09. The molecule has 0 fully saturated rings. The molecule has 0 saturated carbocycles. The Bertz CT molecular complexity index is 357. The maximum atomic E-state index is 4.72. The minimum Gasteiger partial charge on any atom is -0.332 e. The monoisotopic (exact) mass is 252 g/mol.